The summed E-state index contributed by atoms with van der Waals surface area (Å²) in [5.74, 6) is 2.96. The average Bonchev–Trinajstić information content (AvgIpc) is 3.54. The van der Waals surface area contributed by atoms with E-state index in [1.165, 1.54) is 35.4 Å². The van der Waals surface area contributed by atoms with Gasteiger partial charge < -0.3 is 9.47 Å². The largest absolute Gasteiger partial charge is 0.437 e. The van der Waals surface area contributed by atoms with Gasteiger partial charge in [-0.15, -0.1) is 22.7 Å². The first-order chi connectivity index (χ1) is 16.7. The number of aryl methyl sites for hydroxylation is 2. The minimum absolute atomic E-state index is 0.669. The molecule has 0 radical (unpaired) electrons. The molecule has 2 aliphatic rings. The van der Waals surface area contributed by atoms with Gasteiger partial charge in [0.15, 0.2) is 0 Å². The van der Waals surface area contributed by atoms with E-state index in [0.717, 1.165) is 56.2 Å². The molecule has 2 aromatic heterocycles. The van der Waals surface area contributed by atoms with Crippen LogP contribution in [0.15, 0.2) is 58.5 Å². The fourth-order valence-electron chi connectivity index (χ4n) is 4.39. The Balaban J connectivity index is 1.35. The summed E-state index contributed by atoms with van der Waals surface area (Å²) in [6, 6.07) is 16.7. The van der Waals surface area contributed by atoms with Crippen molar-refractivity contribution < 1.29 is 9.47 Å². The predicted molar refractivity (Wildman–Crippen MR) is 143 cm³/mol. The third-order valence-corrected chi connectivity index (χ3v) is 8.46. The van der Waals surface area contributed by atoms with E-state index in [9.17, 15) is 0 Å². The van der Waals surface area contributed by atoms with Crippen LogP contribution in [0.2, 0.25) is 0 Å². The van der Waals surface area contributed by atoms with E-state index in [0.29, 0.717) is 11.8 Å². The molecule has 4 heterocycles. The van der Waals surface area contributed by atoms with Gasteiger partial charge in [-0.05, 0) is 74.2 Å². The minimum atomic E-state index is 0.669. The second kappa shape index (κ2) is 9.01. The molecule has 0 fully saturated rings. The third-order valence-electron chi connectivity index (χ3n) is 6.20. The molecule has 0 amide bonds. The van der Waals surface area contributed by atoms with E-state index in [-0.39, 0.29) is 0 Å². The molecule has 34 heavy (non-hydrogen) atoms. The normalized spacial score (nSPS) is 13.9. The number of hydrogen-bond donors (Lipinski definition) is 0. The molecular weight excluding hydrogens is 460 g/mol. The van der Waals surface area contributed by atoms with Gasteiger partial charge in [0, 0.05) is 9.75 Å². The Morgan fingerprint density at radius 3 is 1.53 bits per heavy atom. The van der Waals surface area contributed by atoms with Gasteiger partial charge in [0.25, 0.3) is 0 Å². The van der Waals surface area contributed by atoms with Gasteiger partial charge in [-0.1, -0.05) is 26.7 Å². The Morgan fingerprint density at radius 2 is 1.09 bits per heavy atom. The van der Waals surface area contributed by atoms with Crippen LogP contribution in [0.4, 0.5) is 11.4 Å². The molecule has 4 nitrogen and oxygen atoms in total. The molecule has 0 atom stereocenters. The predicted octanol–water partition coefficient (Wildman–Crippen LogP) is 8.59. The molecule has 0 unspecified atom stereocenters. The zero-order valence-corrected chi connectivity index (χ0v) is 21.0. The lowest BCUT2D eigenvalue weighted by atomic mass is 10.0. The highest BCUT2D eigenvalue weighted by Gasteiger charge is 2.26. The van der Waals surface area contributed by atoms with Crippen LogP contribution in [0, 0.1) is 0 Å². The lowest BCUT2D eigenvalue weighted by Crippen LogP contribution is -2.14. The van der Waals surface area contributed by atoms with Gasteiger partial charge >= 0.3 is 0 Å². The summed E-state index contributed by atoms with van der Waals surface area (Å²) < 4.78 is 12.6. The number of ether oxygens (including phenoxy) is 2. The zero-order chi connectivity index (χ0) is 23.1. The molecule has 6 heteroatoms. The number of unbranched alkanes of at least 4 members (excludes halogenated alkanes) is 2. The summed E-state index contributed by atoms with van der Waals surface area (Å²) in [6.07, 6.45) is 7.02. The molecular formula is C28H26N2O2S2. The molecule has 0 saturated carbocycles. The first kappa shape index (κ1) is 21.6. The Morgan fingerprint density at radius 1 is 0.618 bits per heavy atom. The third kappa shape index (κ3) is 3.85. The summed E-state index contributed by atoms with van der Waals surface area (Å²) in [7, 11) is 0. The molecule has 0 aliphatic carbocycles. The topological polar surface area (TPSA) is 43.2 Å². The molecule has 0 saturated heterocycles. The maximum absolute atomic E-state index is 6.30. The SMILES string of the molecule is CCCCc1ccc(C2=Nc3ccc4c5c(ccc(c35)O2)N=C(c2ccc(CCCC)s2)O4)s1. The minimum Gasteiger partial charge on any atom is -0.437 e. The Bertz CT molecular complexity index is 1330. The van der Waals surface area contributed by atoms with E-state index < -0.39 is 0 Å². The van der Waals surface area contributed by atoms with Crippen LogP contribution in [-0.2, 0) is 12.8 Å². The molecule has 2 aliphatic heterocycles. The summed E-state index contributed by atoms with van der Waals surface area (Å²) in [5, 5.41) is 1.94. The number of aliphatic imine (C=N–C) groups is 2. The molecule has 0 N–H and O–H groups in total. The van der Waals surface area contributed by atoms with Crippen LogP contribution in [0.1, 0.15) is 59.0 Å². The van der Waals surface area contributed by atoms with Crippen molar-refractivity contribution in [1.29, 1.82) is 0 Å². The highest BCUT2D eigenvalue weighted by molar-refractivity contribution is 7.14. The van der Waals surface area contributed by atoms with E-state index >= 15 is 0 Å². The highest BCUT2D eigenvalue weighted by Crippen LogP contribution is 2.48. The van der Waals surface area contributed by atoms with Crippen LogP contribution in [0.5, 0.6) is 11.5 Å². The molecule has 0 bridgehead atoms. The number of rotatable bonds is 8. The average molecular weight is 487 g/mol. The Labute approximate surface area is 207 Å². The molecule has 172 valence electrons. The van der Waals surface area contributed by atoms with Gasteiger partial charge in [-0.3, -0.25) is 0 Å². The summed E-state index contributed by atoms with van der Waals surface area (Å²) in [6.45, 7) is 4.44. The standard InChI is InChI=1S/C28H26N2O2S2/c1-3-5-7-17-9-15-23(33-17)27-29-19-11-14-22-26-20(12-13-21(31-27)25(19)26)30-28(32-22)24-16-10-18(34-24)8-6-4-2/h9-16H,3-8H2,1-2H3. The fraction of sp³-hybridized carbons (Fsp3) is 0.286. The summed E-state index contributed by atoms with van der Waals surface area (Å²) in [5.41, 5.74) is 1.81. The maximum atomic E-state index is 6.30. The van der Waals surface area contributed by atoms with Crippen molar-refractivity contribution in [3.63, 3.8) is 0 Å². The van der Waals surface area contributed by atoms with Gasteiger partial charge in [-0.2, -0.15) is 0 Å². The quantitative estimate of drug-likeness (QED) is 0.250. The lowest BCUT2D eigenvalue weighted by Gasteiger charge is -2.22. The smallest absolute Gasteiger partial charge is 0.237 e. The van der Waals surface area contributed by atoms with E-state index in [4.69, 9.17) is 19.5 Å². The molecule has 6 rings (SSSR count). The van der Waals surface area contributed by atoms with Gasteiger partial charge in [0.1, 0.15) is 11.5 Å². The maximum Gasteiger partial charge on any atom is 0.237 e. The van der Waals surface area contributed by atoms with Crippen molar-refractivity contribution in [3.05, 3.63) is 68.0 Å². The molecule has 0 spiro atoms. The van der Waals surface area contributed by atoms with E-state index in [2.05, 4.69) is 38.1 Å². The van der Waals surface area contributed by atoms with Crippen molar-refractivity contribution >= 4 is 56.6 Å². The fourth-order valence-corrected chi connectivity index (χ4v) is 6.35. The zero-order valence-electron chi connectivity index (χ0n) is 19.4. The first-order valence-corrected chi connectivity index (χ1v) is 13.7. The second-order valence-electron chi connectivity index (χ2n) is 8.69. The van der Waals surface area contributed by atoms with Crippen molar-refractivity contribution in [2.75, 3.05) is 0 Å². The van der Waals surface area contributed by atoms with Crippen molar-refractivity contribution in [2.45, 2.75) is 52.4 Å². The highest BCUT2D eigenvalue weighted by atomic mass is 32.1. The molecule has 4 aromatic rings. The van der Waals surface area contributed by atoms with E-state index in [1.54, 1.807) is 22.7 Å². The van der Waals surface area contributed by atoms with Crippen LogP contribution >= 0.6 is 22.7 Å². The number of thiophene rings is 2. The first-order valence-electron chi connectivity index (χ1n) is 12.0. The van der Waals surface area contributed by atoms with Crippen LogP contribution < -0.4 is 9.47 Å². The van der Waals surface area contributed by atoms with Crippen molar-refractivity contribution in [3.8, 4) is 11.5 Å². The summed E-state index contributed by atoms with van der Waals surface area (Å²) >= 11 is 3.54. The van der Waals surface area contributed by atoms with Crippen LogP contribution in [-0.4, -0.2) is 11.8 Å². The summed E-state index contributed by atoms with van der Waals surface area (Å²) in [4.78, 5) is 14.6. The number of benzene rings is 2. The monoisotopic (exact) mass is 486 g/mol. The van der Waals surface area contributed by atoms with Gasteiger partial charge in [0.05, 0.1) is 31.9 Å². The Hall–Kier alpha value is -2.96. The van der Waals surface area contributed by atoms with Crippen molar-refractivity contribution in [1.82, 2.24) is 0 Å². The van der Waals surface area contributed by atoms with Crippen molar-refractivity contribution in [2.24, 2.45) is 9.98 Å². The number of hydrogen-bond acceptors (Lipinski definition) is 6. The molecule has 2 aromatic carbocycles. The lowest BCUT2D eigenvalue weighted by molar-refractivity contribution is 0.548. The Kier molecular flexibility index (Phi) is 5.71. The number of nitrogens with zero attached hydrogens (tertiary/aromatic N) is 2. The van der Waals surface area contributed by atoms with Gasteiger partial charge in [0.2, 0.25) is 11.8 Å². The van der Waals surface area contributed by atoms with E-state index in [1.807, 2.05) is 24.3 Å². The van der Waals surface area contributed by atoms with Gasteiger partial charge in [-0.25, -0.2) is 9.98 Å². The van der Waals surface area contributed by atoms with Crippen LogP contribution in [0.25, 0.3) is 10.8 Å². The van der Waals surface area contributed by atoms with Crippen LogP contribution in [0.3, 0.4) is 0 Å². The second-order valence-corrected chi connectivity index (χ2v) is 11.0.